The quantitative estimate of drug-likeness (QED) is 0.667. The van der Waals surface area contributed by atoms with Gasteiger partial charge in [-0.25, -0.2) is 4.79 Å². The highest BCUT2D eigenvalue weighted by Gasteiger charge is 2.26. The second kappa shape index (κ2) is 10.5. The summed E-state index contributed by atoms with van der Waals surface area (Å²) in [5.74, 6) is 0. The Kier molecular flexibility index (Phi) is 9.03. The molecule has 1 unspecified atom stereocenters. The zero-order valence-corrected chi connectivity index (χ0v) is 15.1. The summed E-state index contributed by atoms with van der Waals surface area (Å²) < 4.78 is 0. The van der Waals surface area contributed by atoms with Crippen molar-refractivity contribution in [1.82, 2.24) is 4.90 Å². The Morgan fingerprint density at radius 2 is 1.87 bits per heavy atom. The van der Waals surface area contributed by atoms with E-state index in [1.54, 1.807) is 4.90 Å². The first-order chi connectivity index (χ1) is 10.7. The van der Waals surface area contributed by atoms with Gasteiger partial charge in [-0.15, -0.1) is 0 Å². The molecule has 1 aromatic rings. The molecular formula is C18H30ClN3O. The molecule has 0 bridgehead atoms. The number of quaternary nitrogens is 1. The molecular weight excluding hydrogens is 310 g/mol. The highest BCUT2D eigenvalue weighted by molar-refractivity contribution is 5.89. The van der Waals surface area contributed by atoms with Crippen LogP contribution in [-0.2, 0) is 0 Å². The first-order valence-corrected chi connectivity index (χ1v) is 8.66. The molecule has 1 fully saturated rings. The smallest absolute Gasteiger partial charge is 0.322 e. The Morgan fingerprint density at radius 3 is 2.48 bits per heavy atom. The summed E-state index contributed by atoms with van der Waals surface area (Å²) in [6.07, 6.45) is 5.26. The molecule has 23 heavy (non-hydrogen) atoms. The van der Waals surface area contributed by atoms with Crippen molar-refractivity contribution in [3.05, 3.63) is 30.3 Å². The highest BCUT2D eigenvalue weighted by atomic mass is 35.5. The molecule has 1 atom stereocenters. The Hall–Kier alpha value is -1.26. The zero-order valence-electron chi connectivity index (χ0n) is 14.4. The first kappa shape index (κ1) is 19.8. The maximum absolute atomic E-state index is 12.3. The number of anilines is 1. The lowest BCUT2D eigenvalue weighted by molar-refractivity contribution is -0.927. The summed E-state index contributed by atoms with van der Waals surface area (Å²) in [5, 5.41) is 2.98. The van der Waals surface area contributed by atoms with E-state index >= 15 is 0 Å². The molecule has 1 heterocycles. The lowest BCUT2D eigenvalue weighted by Crippen LogP contribution is -3.18. The number of urea groups is 1. The largest absolute Gasteiger partial charge is 1.00 e. The number of piperazine rings is 1. The topological polar surface area (TPSA) is 36.8 Å². The second-order valence-corrected chi connectivity index (χ2v) is 6.34. The van der Waals surface area contributed by atoms with Gasteiger partial charge in [-0.05, 0) is 31.9 Å². The number of carbonyl (C=O) groups excluding carboxylic acids is 1. The van der Waals surface area contributed by atoms with Crippen LogP contribution in [0.5, 0.6) is 0 Å². The number of amides is 2. The zero-order chi connectivity index (χ0) is 15.8. The Balaban J connectivity index is 0.00000264. The van der Waals surface area contributed by atoms with Crippen LogP contribution in [0.2, 0.25) is 0 Å². The highest BCUT2D eigenvalue weighted by Crippen LogP contribution is 2.07. The number of nitrogens with one attached hydrogen (secondary N) is 2. The van der Waals surface area contributed by atoms with Crippen LogP contribution >= 0.6 is 0 Å². The van der Waals surface area contributed by atoms with Gasteiger partial charge in [0, 0.05) is 5.69 Å². The fourth-order valence-corrected chi connectivity index (χ4v) is 3.12. The fourth-order valence-electron chi connectivity index (χ4n) is 3.12. The van der Waals surface area contributed by atoms with Crippen LogP contribution in [0.25, 0.3) is 0 Å². The van der Waals surface area contributed by atoms with Gasteiger partial charge in [0.25, 0.3) is 0 Å². The SMILES string of the molecule is CCCCCC(C)[NH+]1CCN(C(=O)Nc2ccccc2)CC1.[Cl-]. The van der Waals surface area contributed by atoms with Crippen LogP contribution in [0, 0.1) is 0 Å². The lowest BCUT2D eigenvalue weighted by Gasteiger charge is -2.35. The van der Waals surface area contributed by atoms with Crippen LogP contribution < -0.4 is 22.6 Å². The number of para-hydroxylation sites is 1. The minimum Gasteiger partial charge on any atom is -1.00 e. The number of hydrogen-bond donors (Lipinski definition) is 2. The van der Waals surface area contributed by atoms with Gasteiger partial charge in [0.2, 0.25) is 0 Å². The van der Waals surface area contributed by atoms with Crippen molar-refractivity contribution in [2.24, 2.45) is 0 Å². The number of unbranched alkanes of at least 4 members (excludes halogenated alkanes) is 2. The third kappa shape index (κ3) is 6.40. The number of hydrogen-bond acceptors (Lipinski definition) is 1. The molecule has 0 saturated carbocycles. The van der Waals surface area contributed by atoms with Gasteiger partial charge in [0.15, 0.2) is 0 Å². The van der Waals surface area contributed by atoms with Gasteiger partial charge in [-0.3, -0.25) is 0 Å². The average Bonchev–Trinajstić information content (AvgIpc) is 2.56. The molecule has 4 nitrogen and oxygen atoms in total. The third-order valence-electron chi connectivity index (χ3n) is 4.66. The molecule has 2 rings (SSSR count). The number of nitrogens with zero attached hydrogens (tertiary/aromatic N) is 1. The van der Waals surface area contributed by atoms with E-state index in [0.29, 0.717) is 6.04 Å². The minimum atomic E-state index is 0. The van der Waals surface area contributed by atoms with Gasteiger partial charge >= 0.3 is 6.03 Å². The summed E-state index contributed by atoms with van der Waals surface area (Å²) >= 11 is 0. The predicted molar refractivity (Wildman–Crippen MR) is 91.3 cm³/mol. The summed E-state index contributed by atoms with van der Waals surface area (Å²) in [6.45, 7) is 8.44. The third-order valence-corrected chi connectivity index (χ3v) is 4.66. The molecule has 1 aliphatic rings. The minimum absolute atomic E-state index is 0. The average molecular weight is 340 g/mol. The van der Waals surface area contributed by atoms with Crippen LogP contribution in [0.1, 0.15) is 39.5 Å². The lowest BCUT2D eigenvalue weighted by atomic mass is 10.1. The van der Waals surface area contributed by atoms with Crippen molar-refractivity contribution in [2.75, 3.05) is 31.5 Å². The van der Waals surface area contributed by atoms with Crippen LogP contribution in [0.15, 0.2) is 30.3 Å². The van der Waals surface area contributed by atoms with E-state index in [4.69, 9.17) is 0 Å². The standard InChI is InChI=1S/C18H29N3O.ClH/c1-3-4-6-9-16(2)20-12-14-21(15-13-20)18(22)19-17-10-7-5-8-11-17;/h5,7-8,10-11,16H,3-4,6,9,12-15H2,1-2H3,(H,19,22);1H. The summed E-state index contributed by atoms with van der Waals surface area (Å²) in [4.78, 5) is 15.9. The summed E-state index contributed by atoms with van der Waals surface area (Å²) in [6, 6.07) is 10.4. The predicted octanol–water partition coefficient (Wildman–Crippen LogP) is -0.608. The van der Waals surface area contributed by atoms with E-state index in [1.165, 1.54) is 25.7 Å². The maximum Gasteiger partial charge on any atom is 0.322 e. The normalized spacial score (nSPS) is 16.5. The van der Waals surface area contributed by atoms with E-state index in [2.05, 4.69) is 19.2 Å². The van der Waals surface area contributed by atoms with E-state index in [9.17, 15) is 4.79 Å². The van der Waals surface area contributed by atoms with Crippen molar-refractivity contribution < 1.29 is 22.1 Å². The Morgan fingerprint density at radius 1 is 1.22 bits per heavy atom. The van der Waals surface area contributed by atoms with Gasteiger partial charge in [0.1, 0.15) is 0 Å². The van der Waals surface area contributed by atoms with E-state index < -0.39 is 0 Å². The summed E-state index contributed by atoms with van der Waals surface area (Å²) in [5.41, 5.74) is 0.871. The molecule has 0 aliphatic carbocycles. The van der Waals surface area contributed by atoms with Gasteiger partial charge < -0.3 is 27.5 Å². The molecule has 1 saturated heterocycles. The van der Waals surface area contributed by atoms with Crippen molar-refractivity contribution in [2.45, 2.75) is 45.6 Å². The van der Waals surface area contributed by atoms with E-state index in [-0.39, 0.29) is 18.4 Å². The van der Waals surface area contributed by atoms with Crippen LogP contribution in [-0.4, -0.2) is 43.2 Å². The fraction of sp³-hybridized carbons (Fsp3) is 0.611. The van der Waals surface area contributed by atoms with Gasteiger partial charge in [-0.2, -0.15) is 0 Å². The molecule has 2 N–H and O–H groups in total. The number of rotatable bonds is 6. The van der Waals surface area contributed by atoms with Crippen LogP contribution in [0.3, 0.4) is 0 Å². The summed E-state index contributed by atoms with van der Waals surface area (Å²) in [7, 11) is 0. The van der Waals surface area contributed by atoms with Crippen molar-refractivity contribution >= 4 is 11.7 Å². The Labute approximate surface area is 146 Å². The number of benzene rings is 1. The first-order valence-electron chi connectivity index (χ1n) is 8.66. The van der Waals surface area contributed by atoms with Crippen molar-refractivity contribution in [3.8, 4) is 0 Å². The molecule has 0 spiro atoms. The molecule has 1 aliphatic heterocycles. The Bertz CT molecular complexity index is 447. The van der Waals surface area contributed by atoms with Gasteiger partial charge in [0.05, 0.1) is 32.2 Å². The molecule has 0 radical (unpaired) electrons. The van der Waals surface area contributed by atoms with Crippen LogP contribution in [0.4, 0.5) is 10.5 Å². The monoisotopic (exact) mass is 339 g/mol. The molecule has 5 heteroatoms. The molecule has 130 valence electrons. The molecule has 0 aromatic heterocycles. The molecule has 2 amide bonds. The van der Waals surface area contributed by atoms with Gasteiger partial charge in [-0.1, -0.05) is 38.0 Å². The van der Waals surface area contributed by atoms with Crippen molar-refractivity contribution in [3.63, 3.8) is 0 Å². The van der Waals surface area contributed by atoms with E-state index in [1.807, 2.05) is 35.2 Å². The molecule has 1 aromatic carbocycles. The maximum atomic E-state index is 12.3. The second-order valence-electron chi connectivity index (χ2n) is 6.34. The number of carbonyl (C=O) groups is 1. The number of halogens is 1. The van der Waals surface area contributed by atoms with E-state index in [0.717, 1.165) is 31.9 Å². The van der Waals surface area contributed by atoms with Crippen molar-refractivity contribution in [1.29, 1.82) is 0 Å².